The minimum Gasteiger partial charge on any atom is -0.492 e. The molecule has 1 atom stereocenters. The lowest BCUT2D eigenvalue weighted by molar-refractivity contribution is -0.149. The maximum absolute atomic E-state index is 12.8. The van der Waals surface area contributed by atoms with E-state index < -0.39 is 12.1 Å². The number of aromatic nitrogens is 2. The highest BCUT2D eigenvalue weighted by Gasteiger charge is 2.17. The molecule has 1 aromatic heterocycles. The third kappa shape index (κ3) is 8.77. The normalized spacial score (nSPS) is 11.5. The van der Waals surface area contributed by atoms with Crippen LogP contribution in [0.15, 0.2) is 83.7 Å². The first-order chi connectivity index (χ1) is 19.0. The molecule has 1 unspecified atom stereocenters. The number of hydrogen-bond donors (Lipinski definition) is 2. The average Bonchev–Trinajstić information content (AvgIpc) is 2.96. The number of aliphatic carboxylic acids is 1. The zero-order valence-corrected chi connectivity index (χ0v) is 22.8. The monoisotopic (exact) mass is 531 g/mol. The molecule has 2 N–H and O–H groups in total. The minimum absolute atomic E-state index is 0.0629. The molecule has 0 aliphatic heterocycles. The Hall–Kier alpha value is -4.01. The highest BCUT2D eigenvalue weighted by molar-refractivity contribution is 5.77. The molecule has 39 heavy (non-hydrogen) atoms. The number of nitrogens with zero attached hydrogens (tertiary/aromatic N) is 2. The van der Waals surface area contributed by atoms with Crippen LogP contribution in [0.1, 0.15) is 30.8 Å². The average molecular weight is 532 g/mol. The molecule has 8 heteroatoms. The molecular weight excluding hydrogens is 494 g/mol. The van der Waals surface area contributed by atoms with E-state index in [1.165, 1.54) is 5.56 Å². The molecule has 0 spiro atoms. The topological polar surface area (TPSA) is 103 Å². The summed E-state index contributed by atoms with van der Waals surface area (Å²) in [7, 11) is 1.95. The summed E-state index contributed by atoms with van der Waals surface area (Å²) in [4.78, 5) is 28.6. The summed E-state index contributed by atoms with van der Waals surface area (Å²) in [6.45, 7) is 5.77. The van der Waals surface area contributed by atoms with Crippen molar-refractivity contribution in [3.8, 4) is 5.75 Å². The summed E-state index contributed by atoms with van der Waals surface area (Å²) >= 11 is 0. The van der Waals surface area contributed by atoms with Crippen LogP contribution in [-0.4, -0.2) is 47.0 Å². The van der Waals surface area contributed by atoms with Crippen LogP contribution in [0.25, 0.3) is 10.9 Å². The van der Waals surface area contributed by atoms with Crippen LogP contribution in [0.5, 0.6) is 5.75 Å². The Bertz CT molecular complexity index is 1370. The Kier molecular flexibility index (Phi) is 11.7. The van der Waals surface area contributed by atoms with Gasteiger partial charge in [-0.05, 0) is 49.4 Å². The van der Waals surface area contributed by atoms with Crippen LogP contribution in [-0.2, 0) is 35.5 Å². The second-order valence-electron chi connectivity index (χ2n) is 8.85. The molecule has 0 bridgehead atoms. The van der Waals surface area contributed by atoms with Crippen molar-refractivity contribution in [1.29, 1.82) is 0 Å². The third-order valence-electron chi connectivity index (χ3n) is 6.05. The predicted molar refractivity (Wildman–Crippen MR) is 153 cm³/mol. The molecule has 0 amide bonds. The molecule has 0 aliphatic rings. The van der Waals surface area contributed by atoms with E-state index in [1.807, 2.05) is 62.5 Å². The van der Waals surface area contributed by atoms with Crippen molar-refractivity contribution in [2.75, 3.05) is 20.3 Å². The first-order valence-electron chi connectivity index (χ1n) is 13.2. The van der Waals surface area contributed by atoms with Crippen LogP contribution < -0.4 is 15.6 Å². The van der Waals surface area contributed by atoms with Gasteiger partial charge >= 0.3 is 5.97 Å². The van der Waals surface area contributed by atoms with Gasteiger partial charge in [-0.2, -0.15) is 0 Å². The van der Waals surface area contributed by atoms with E-state index in [2.05, 4.69) is 22.4 Å². The van der Waals surface area contributed by atoms with E-state index in [-0.39, 0.29) is 5.56 Å². The van der Waals surface area contributed by atoms with Crippen LogP contribution in [0.3, 0.4) is 0 Å². The van der Waals surface area contributed by atoms with Gasteiger partial charge in [0.05, 0.1) is 17.4 Å². The van der Waals surface area contributed by atoms with Crippen molar-refractivity contribution in [2.24, 2.45) is 0 Å². The van der Waals surface area contributed by atoms with E-state index in [0.29, 0.717) is 49.3 Å². The van der Waals surface area contributed by atoms with Gasteiger partial charge in [-0.3, -0.25) is 9.36 Å². The van der Waals surface area contributed by atoms with Gasteiger partial charge in [0.25, 0.3) is 5.56 Å². The number of benzene rings is 3. The van der Waals surface area contributed by atoms with Crippen LogP contribution in [0.2, 0.25) is 0 Å². The number of para-hydroxylation sites is 1. The Balaban J connectivity index is 0.000000395. The zero-order chi connectivity index (χ0) is 28.0. The number of carboxylic acid groups (broad SMARTS) is 1. The minimum atomic E-state index is -0.974. The highest BCUT2D eigenvalue weighted by Crippen LogP contribution is 2.15. The number of ether oxygens (including phenoxy) is 2. The second-order valence-corrected chi connectivity index (χ2v) is 8.85. The highest BCUT2D eigenvalue weighted by atomic mass is 16.5. The predicted octanol–water partition coefficient (Wildman–Crippen LogP) is 4.48. The summed E-state index contributed by atoms with van der Waals surface area (Å²) in [5.41, 5.74) is 2.83. The number of rotatable bonds is 12. The Morgan fingerprint density at radius 3 is 2.31 bits per heavy atom. The first kappa shape index (κ1) is 29.5. The number of hydrogen-bond acceptors (Lipinski definition) is 6. The SMILES string of the molecule is CCOC(Cc1ccc(OCCn2c(CC)nc3ccccc3c2=O)cc1)C(=O)O.CNCc1ccccc1. The van der Waals surface area contributed by atoms with Gasteiger partial charge in [-0.15, -0.1) is 0 Å². The van der Waals surface area contributed by atoms with Crippen molar-refractivity contribution in [3.05, 3.63) is 106 Å². The summed E-state index contributed by atoms with van der Waals surface area (Å²) in [5, 5.41) is 12.9. The van der Waals surface area contributed by atoms with Gasteiger partial charge in [-0.1, -0.05) is 61.5 Å². The molecule has 1 heterocycles. The van der Waals surface area contributed by atoms with E-state index >= 15 is 0 Å². The fourth-order valence-corrected chi connectivity index (χ4v) is 4.12. The first-order valence-corrected chi connectivity index (χ1v) is 13.2. The number of nitrogens with one attached hydrogen (secondary N) is 1. The standard InChI is InChI=1S/C23H26N2O5.C8H11N/c1-3-21-24-19-8-6-5-7-18(19)22(26)25(21)13-14-30-17-11-9-16(10-12-17)15-20(23(27)28)29-4-2;1-9-7-8-5-3-2-4-6-8/h5-12,20H,3-4,13-15H2,1-2H3,(H,27,28);2-6,9H,7H2,1H3. The van der Waals surface area contributed by atoms with E-state index in [9.17, 15) is 14.7 Å². The van der Waals surface area contributed by atoms with Crippen LogP contribution in [0.4, 0.5) is 0 Å². The van der Waals surface area contributed by atoms with E-state index in [0.717, 1.165) is 17.9 Å². The maximum atomic E-state index is 12.8. The van der Waals surface area contributed by atoms with Crippen molar-refractivity contribution in [3.63, 3.8) is 0 Å². The maximum Gasteiger partial charge on any atom is 0.333 e. The van der Waals surface area contributed by atoms with Gasteiger partial charge in [-0.25, -0.2) is 9.78 Å². The van der Waals surface area contributed by atoms with Crippen LogP contribution >= 0.6 is 0 Å². The number of carbonyl (C=O) groups is 1. The van der Waals surface area contributed by atoms with Gasteiger partial charge in [0, 0.05) is 26.0 Å². The molecular formula is C31H37N3O5. The Morgan fingerprint density at radius 2 is 1.67 bits per heavy atom. The lowest BCUT2D eigenvalue weighted by Gasteiger charge is -2.14. The lowest BCUT2D eigenvalue weighted by Crippen LogP contribution is -2.27. The molecule has 0 fully saturated rings. The van der Waals surface area contributed by atoms with E-state index in [1.54, 1.807) is 29.7 Å². The summed E-state index contributed by atoms with van der Waals surface area (Å²) in [5.74, 6) is 0.411. The summed E-state index contributed by atoms with van der Waals surface area (Å²) < 4.78 is 12.7. The molecule has 0 saturated heterocycles. The van der Waals surface area contributed by atoms with Gasteiger partial charge in [0.1, 0.15) is 18.2 Å². The molecule has 4 aromatic rings. The van der Waals surface area contributed by atoms with E-state index in [4.69, 9.17) is 9.47 Å². The van der Waals surface area contributed by atoms with Crippen molar-refractivity contribution in [1.82, 2.24) is 14.9 Å². The molecule has 4 rings (SSSR count). The molecule has 3 aromatic carbocycles. The van der Waals surface area contributed by atoms with Crippen molar-refractivity contribution in [2.45, 2.75) is 45.9 Å². The van der Waals surface area contributed by atoms with Gasteiger partial charge in [0.2, 0.25) is 0 Å². The number of carboxylic acids is 1. The van der Waals surface area contributed by atoms with Crippen molar-refractivity contribution < 1.29 is 19.4 Å². The third-order valence-corrected chi connectivity index (χ3v) is 6.05. The zero-order valence-electron chi connectivity index (χ0n) is 22.8. The molecule has 0 aliphatic carbocycles. The summed E-state index contributed by atoms with van der Waals surface area (Å²) in [6.07, 6.45) is 0.0855. The molecule has 0 radical (unpaired) electrons. The second kappa shape index (κ2) is 15.4. The largest absolute Gasteiger partial charge is 0.492 e. The molecule has 0 saturated carbocycles. The smallest absolute Gasteiger partial charge is 0.333 e. The molecule has 206 valence electrons. The fourth-order valence-electron chi connectivity index (χ4n) is 4.12. The number of aryl methyl sites for hydroxylation is 1. The number of fused-ring (bicyclic) bond motifs is 1. The Morgan fingerprint density at radius 1 is 0.974 bits per heavy atom. The summed E-state index contributed by atoms with van der Waals surface area (Å²) in [6, 6.07) is 24.9. The fraction of sp³-hybridized carbons (Fsp3) is 0.323. The van der Waals surface area contributed by atoms with Crippen molar-refractivity contribution >= 4 is 16.9 Å². The van der Waals surface area contributed by atoms with Crippen LogP contribution in [0, 0.1) is 0 Å². The molecule has 8 nitrogen and oxygen atoms in total. The van der Waals surface area contributed by atoms with Gasteiger partial charge < -0.3 is 19.9 Å². The lowest BCUT2D eigenvalue weighted by atomic mass is 10.1. The Labute approximate surface area is 229 Å². The quantitative estimate of drug-likeness (QED) is 0.278. The van der Waals surface area contributed by atoms with Gasteiger partial charge in [0.15, 0.2) is 6.10 Å².